The van der Waals surface area contributed by atoms with Crippen molar-refractivity contribution in [1.82, 2.24) is 14.7 Å². The number of piperidine rings is 1. The Labute approximate surface area is 238 Å². The number of nitrogens with two attached hydrogens (primary N) is 1. The molecule has 0 radical (unpaired) electrons. The number of rotatable bonds is 7. The third kappa shape index (κ3) is 5.27. The average Bonchev–Trinajstić information content (AvgIpc) is 3.57. The molecule has 210 valence electrons. The van der Waals surface area contributed by atoms with Gasteiger partial charge in [0.05, 0.1) is 17.4 Å². The number of aromatic nitrogens is 2. The molecule has 1 aliphatic heterocycles. The van der Waals surface area contributed by atoms with E-state index in [0.717, 1.165) is 42.6 Å². The van der Waals surface area contributed by atoms with Gasteiger partial charge in [-0.3, -0.25) is 4.79 Å². The lowest BCUT2D eigenvalue weighted by Crippen LogP contribution is -2.38. The SMILES string of the molecule is CC(C)N1CCC(c2cc3c(cc2F)CC(C(=O)c2cnn(-c4ccc(Oc5ccccc5F)cc4)c2N)=C3)CC1. The van der Waals surface area contributed by atoms with Crippen molar-refractivity contribution in [3.63, 3.8) is 0 Å². The van der Waals surface area contributed by atoms with Gasteiger partial charge in [0.25, 0.3) is 0 Å². The van der Waals surface area contributed by atoms with Crippen LogP contribution >= 0.6 is 0 Å². The second-order valence-corrected chi connectivity index (χ2v) is 11.0. The van der Waals surface area contributed by atoms with Crippen LogP contribution in [0.5, 0.6) is 11.5 Å². The van der Waals surface area contributed by atoms with E-state index in [-0.39, 0.29) is 34.6 Å². The van der Waals surface area contributed by atoms with Crippen molar-refractivity contribution in [2.24, 2.45) is 0 Å². The number of ether oxygens (including phenoxy) is 1. The summed E-state index contributed by atoms with van der Waals surface area (Å²) in [5.74, 6) is 0.0952. The summed E-state index contributed by atoms with van der Waals surface area (Å²) in [7, 11) is 0. The Balaban J connectivity index is 1.18. The van der Waals surface area contributed by atoms with Gasteiger partial charge in [0, 0.05) is 18.0 Å². The van der Waals surface area contributed by atoms with Gasteiger partial charge in [-0.25, -0.2) is 13.5 Å². The Kier molecular flexibility index (Phi) is 7.17. The van der Waals surface area contributed by atoms with E-state index in [1.54, 1.807) is 48.5 Å². The molecule has 0 atom stereocenters. The summed E-state index contributed by atoms with van der Waals surface area (Å²) in [5, 5.41) is 4.34. The van der Waals surface area contributed by atoms with Crippen molar-refractivity contribution in [3.8, 4) is 17.2 Å². The van der Waals surface area contributed by atoms with Crippen LogP contribution in [0.1, 0.15) is 59.7 Å². The molecule has 0 bridgehead atoms. The van der Waals surface area contributed by atoms with Crippen molar-refractivity contribution in [1.29, 1.82) is 0 Å². The molecule has 2 heterocycles. The highest BCUT2D eigenvalue weighted by Crippen LogP contribution is 2.36. The van der Waals surface area contributed by atoms with Gasteiger partial charge in [0.2, 0.25) is 0 Å². The fraction of sp³-hybridized carbons (Fsp3) is 0.273. The fourth-order valence-electron chi connectivity index (χ4n) is 5.79. The number of likely N-dealkylation sites (tertiary alicyclic amines) is 1. The first-order valence-corrected chi connectivity index (χ1v) is 14.0. The van der Waals surface area contributed by atoms with E-state index in [1.165, 1.54) is 16.9 Å². The summed E-state index contributed by atoms with van der Waals surface area (Å²) in [5.41, 5.74) is 10.3. The van der Waals surface area contributed by atoms with Crippen molar-refractivity contribution < 1.29 is 18.3 Å². The predicted octanol–water partition coefficient (Wildman–Crippen LogP) is 6.94. The van der Waals surface area contributed by atoms with E-state index >= 15 is 4.39 Å². The van der Waals surface area contributed by atoms with E-state index in [4.69, 9.17) is 10.5 Å². The maximum absolute atomic E-state index is 15.2. The maximum atomic E-state index is 15.2. The van der Waals surface area contributed by atoms with Crippen LogP contribution in [0.4, 0.5) is 14.6 Å². The normalized spacial score (nSPS) is 15.7. The standard InChI is InChI=1S/C33H32F2N4O2/c1-20(2)38-13-11-21(12-14-38)27-17-22-15-24(16-23(22)18-30(27)35)32(40)28-19-37-39(33(28)36)25-7-9-26(10-8-25)41-31-6-4-3-5-29(31)34/h3-10,15,17-21H,11-14,16,36H2,1-2H3. The highest BCUT2D eigenvalue weighted by atomic mass is 19.1. The van der Waals surface area contributed by atoms with Crippen LogP contribution in [0.25, 0.3) is 11.8 Å². The van der Waals surface area contributed by atoms with Crippen LogP contribution in [0.3, 0.4) is 0 Å². The molecule has 3 aromatic carbocycles. The lowest BCUT2D eigenvalue weighted by molar-refractivity contribution is 0.103. The Bertz CT molecular complexity index is 1630. The summed E-state index contributed by atoms with van der Waals surface area (Å²) in [6.45, 7) is 6.31. The average molecular weight is 555 g/mol. The van der Waals surface area contributed by atoms with Gasteiger partial charge >= 0.3 is 0 Å². The number of allylic oxidation sites excluding steroid dienone is 1. The van der Waals surface area contributed by atoms with E-state index in [1.807, 2.05) is 12.1 Å². The van der Waals surface area contributed by atoms with Crippen LogP contribution in [0.2, 0.25) is 0 Å². The zero-order valence-electron chi connectivity index (χ0n) is 23.1. The lowest BCUT2D eigenvalue weighted by Gasteiger charge is -2.35. The molecule has 0 amide bonds. The van der Waals surface area contributed by atoms with E-state index in [0.29, 0.717) is 29.5 Å². The highest BCUT2D eigenvalue weighted by Gasteiger charge is 2.28. The molecule has 1 aromatic heterocycles. The number of fused-ring (bicyclic) bond motifs is 1. The largest absolute Gasteiger partial charge is 0.454 e. The van der Waals surface area contributed by atoms with Gasteiger partial charge in [-0.2, -0.15) is 5.10 Å². The summed E-state index contributed by atoms with van der Waals surface area (Å²) >= 11 is 0. The van der Waals surface area contributed by atoms with Crippen LogP contribution in [0, 0.1) is 11.6 Å². The molecule has 4 aromatic rings. The number of Topliss-reactive ketones (excluding diaryl/α,β-unsaturated/α-hetero) is 1. The van der Waals surface area contributed by atoms with Gasteiger partial charge in [-0.1, -0.05) is 12.1 Å². The molecule has 0 unspecified atom stereocenters. The zero-order chi connectivity index (χ0) is 28.7. The molecule has 2 N–H and O–H groups in total. The molecule has 0 saturated carbocycles. The van der Waals surface area contributed by atoms with Gasteiger partial charge in [-0.15, -0.1) is 0 Å². The molecule has 1 saturated heterocycles. The number of benzene rings is 3. The van der Waals surface area contributed by atoms with Gasteiger partial charge in [0.1, 0.15) is 17.4 Å². The summed E-state index contributed by atoms with van der Waals surface area (Å²) in [4.78, 5) is 15.9. The first-order chi connectivity index (χ1) is 19.8. The highest BCUT2D eigenvalue weighted by molar-refractivity contribution is 6.15. The van der Waals surface area contributed by atoms with Crippen LogP contribution in [-0.4, -0.2) is 39.6 Å². The first kappa shape index (κ1) is 26.9. The smallest absolute Gasteiger partial charge is 0.194 e. The molecule has 41 heavy (non-hydrogen) atoms. The molecule has 1 aliphatic carbocycles. The van der Waals surface area contributed by atoms with E-state index < -0.39 is 5.82 Å². The molecule has 0 spiro atoms. The quantitative estimate of drug-likeness (QED) is 0.251. The molecular formula is C33H32F2N4O2. The Morgan fingerprint density at radius 1 is 1.02 bits per heavy atom. The van der Waals surface area contributed by atoms with Gasteiger partial charge in [-0.05, 0) is 117 Å². The zero-order valence-corrected chi connectivity index (χ0v) is 23.1. The minimum absolute atomic E-state index is 0.126. The Hall–Kier alpha value is -4.30. The predicted molar refractivity (Wildman–Crippen MR) is 156 cm³/mol. The summed E-state index contributed by atoms with van der Waals surface area (Å²) in [6, 6.07) is 17.0. The van der Waals surface area contributed by atoms with Gasteiger partial charge < -0.3 is 15.4 Å². The number of ketones is 1. The van der Waals surface area contributed by atoms with Crippen molar-refractivity contribution in [3.05, 3.63) is 106 Å². The molecular weight excluding hydrogens is 522 g/mol. The monoisotopic (exact) mass is 554 g/mol. The minimum Gasteiger partial charge on any atom is -0.454 e. The van der Waals surface area contributed by atoms with E-state index in [9.17, 15) is 9.18 Å². The lowest BCUT2D eigenvalue weighted by atomic mass is 9.87. The number of halogens is 2. The Morgan fingerprint density at radius 2 is 1.76 bits per heavy atom. The minimum atomic E-state index is -0.453. The van der Waals surface area contributed by atoms with Crippen LogP contribution in [0.15, 0.2) is 72.4 Å². The molecule has 2 aliphatic rings. The van der Waals surface area contributed by atoms with Crippen molar-refractivity contribution in [2.75, 3.05) is 18.8 Å². The number of para-hydroxylation sites is 1. The molecule has 6 rings (SSSR count). The fourth-order valence-corrected chi connectivity index (χ4v) is 5.79. The number of hydrogen-bond acceptors (Lipinski definition) is 5. The Morgan fingerprint density at radius 3 is 2.46 bits per heavy atom. The number of anilines is 1. The van der Waals surface area contributed by atoms with E-state index in [2.05, 4.69) is 23.8 Å². The van der Waals surface area contributed by atoms with Crippen molar-refractivity contribution in [2.45, 2.75) is 45.1 Å². The third-order valence-corrected chi connectivity index (χ3v) is 8.16. The second kappa shape index (κ2) is 10.9. The topological polar surface area (TPSA) is 73.4 Å². The molecule has 8 heteroatoms. The summed E-state index contributed by atoms with van der Waals surface area (Å²) < 4.78 is 36.2. The molecule has 1 fully saturated rings. The first-order valence-electron chi connectivity index (χ1n) is 14.0. The van der Waals surface area contributed by atoms with Crippen LogP contribution < -0.4 is 10.5 Å². The molecule has 6 nitrogen and oxygen atoms in total. The number of carbonyl (C=O) groups is 1. The van der Waals surface area contributed by atoms with Crippen molar-refractivity contribution >= 4 is 17.7 Å². The van der Waals surface area contributed by atoms with Gasteiger partial charge in [0.15, 0.2) is 17.3 Å². The number of carbonyl (C=O) groups excluding carboxylic acids is 1. The number of nitrogen functional groups attached to an aromatic ring is 1. The third-order valence-electron chi connectivity index (χ3n) is 8.16. The van der Waals surface area contributed by atoms with Crippen LogP contribution in [-0.2, 0) is 6.42 Å². The number of nitrogens with zero attached hydrogens (tertiary/aromatic N) is 3. The number of hydrogen-bond donors (Lipinski definition) is 1. The summed E-state index contributed by atoms with van der Waals surface area (Å²) in [6.07, 6.45) is 5.52. The second-order valence-electron chi connectivity index (χ2n) is 11.0. The maximum Gasteiger partial charge on any atom is 0.194 e.